The lowest BCUT2D eigenvalue weighted by molar-refractivity contribution is -0.136. The molecule has 0 saturated carbocycles. The summed E-state index contributed by atoms with van der Waals surface area (Å²) in [5.74, 6) is -0.789. The van der Waals surface area contributed by atoms with Gasteiger partial charge in [0.1, 0.15) is 16.7 Å². The Balaban J connectivity index is 1.60. The number of thioether (sulfide) groups is 1. The van der Waals surface area contributed by atoms with Crippen molar-refractivity contribution in [2.75, 3.05) is 0 Å². The van der Waals surface area contributed by atoms with Crippen LogP contribution in [0, 0.1) is 5.82 Å². The fraction of sp³-hybridized carbons (Fsp3) is 0.222. The maximum absolute atomic E-state index is 13.7. The van der Waals surface area contributed by atoms with E-state index < -0.39 is 23.1 Å². The summed E-state index contributed by atoms with van der Waals surface area (Å²) in [5.41, 5.74) is 0. The molecule has 3 rings (SSSR count). The van der Waals surface area contributed by atoms with Crippen molar-refractivity contribution < 1.29 is 28.2 Å². The average Bonchev–Trinajstić information content (AvgIpc) is 3.14. The number of pyridine rings is 1. The Morgan fingerprint density at radius 2 is 1.93 bits per heavy atom. The molecule has 11 heteroatoms. The first-order chi connectivity index (χ1) is 13.8. The smallest absolute Gasteiger partial charge is 0.316 e. The number of carbonyl (C=O) groups is 1. The molecule has 2 atom stereocenters. The third-order valence-corrected chi connectivity index (χ3v) is 4.65. The summed E-state index contributed by atoms with van der Waals surface area (Å²) in [7, 11) is 0. The van der Waals surface area contributed by atoms with E-state index in [2.05, 4.69) is 15.2 Å². The molecular weight excluding hydrogens is 425 g/mol. The lowest BCUT2D eigenvalue weighted by Crippen LogP contribution is -2.11. The maximum atomic E-state index is 13.7. The second-order valence-electron chi connectivity index (χ2n) is 5.78. The van der Waals surface area contributed by atoms with E-state index in [-0.39, 0.29) is 22.0 Å². The Hall–Kier alpha value is -2.85. The van der Waals surface area contributed by atoms with E-state index in [9.17, 15) is 9.18 Å². The van der Waals surface area contributed by atoms with Gasteiger partial charge in [-0.1, -0.05) is 23.4 Å². The van der Waals surface area contributed by atoms with Crippen molar-refractivity contribution in [3.63, 3.8) is 0 Å². The van der Waals surface area contributed by atoms with E-state index in [1.807, 2.05) is 0 Å². The third-order valence-electron chi connectivity index (χ3n) is 3.52. The van der Waals surface area contributed by atoms with Crippen molar-refractivity contribution in [2.24, 2.45) is 0 Å². The number of hydrogen-bond donors (Lipinski definition) is 1. The number of benzene rings is 1. The molecule has 0 saturated heterocycles. The van der Waals surface area contributed by atoms with E-state index in [1.165, 1.54) is 13.1 Å². The molecule has 29 heavy (non-hydrogen) atoms. The molecule has 3 aromatic rings. The third kappa shape index (κ3) is 5.58. The molecule has 1 unspecified atom stereocenters. The van der Waals surface area contributed by atoms with Gasteiger partial charge in [-0.15, -0.1) is 10.2 Å². The van der Waals surface area contributed by atoms with E-state index in [0.29, 0.717) is 11.5 Å². The summed E-state index contributed by atoms with van der Waals surface area (Å²) < 4.78 is 30.3. The van der Waals surface area contributed by atoms with E-state index >= 15 is 0 Å². The van der Waals surface area contributed by atoms with E-state index in [0.717, 1.165) is 17.8 Å². The van der Waals surface area contributed by atoms with Crippen molar-refractivity contribution in [2.45, 2.75) is 30.4 Å². The maximum Gasteiger partial charge on any atom is 0.316 e. The second-order valence-corrected chi connectivity index (χ2v) is 7.51. The van der Waals surface area contributed by atoms with Crippen LogP contribution in [0.4, 0.5) is 4.39 Å². The van der Waals surface area contributed by atoms with Gasteiger partial charge in [-0.05, 0) is 44.2 Å². The number of aliphatic carboxylic acids is 1. The number of halogens is 2. The minimum atomic E-state index is -0.977. The molecule has 0 amide bonds. The molecular formula is C18H15ClFN3O5S. The van der Waals surface area contributed by atoms with E-state index in [1.54, 1.807) is 31.2 Å². The SMILES string of the molecule is CC(Sc1nnc([C@@H](C)Oc2ccc(Oc3ncc(Cl)cc3F)cc2)o1)C(=O)O. The van der Waals surface area contributed by atoms with Crippen LogP contribution in [0.5, 0.6) is 17.4 Å². The fourth-order valence-corrected chi connectivity index (χ4v) is 2.83. The van der Waals surface area contributed by atoms with Gasteiger partial charge in [0.2, 0.25) is 0 Å². The zero-order valence-corrected chi connectivity index (χ0v) is 16.8. The molecule has 0 aliphatic heterocycles. The first-order valence-electron chi connectivity index (χ1n) is 8.30. The van der Waals surface area contributed by atoms with Gasteiger partial charge in [-0.2, -0.15) is 0 Å². The van der Waals surface area contributed by atoms with Crippen molar-refractivity contribution >= 4 is 29.3 Å². The van der Waals surface area contributed by atoms with Crippen LogP contribution in [0.3, 0.4) is 0 Å². The summed E-state index contributed by atoms with van der Waals surface area (Å²) in [6, 6.07) is 7.52. The van der Waals surface area contributed by atoms with Gasteiger partial charge in [0, 0.05) is 6.20 Å². The first-order valence-corrected chi connectivity index (χ1v) is 9.56. The van der Waals surface area contributed by atoms with Crippen molar-refractivity contribution in [3.05, 3.63) is 53.3 Å². The van der Waals surface area contributed by atoms with Gasteiger partial charge in [0.05, 0.1) is 5.02 Å². The molecule has 0 bridgehead atoms. The van der Waals surface area contributed by atoms with Gasteiger partial charge in [0.15, 0.2) is 11.9 Å². The van der Waals surface area contributed by atoms with E-state index in [4.69, 9.17) is 30.6 Å². The van der Waals surface area contributed by atoms with Gasteiger partial charge >= 0.3 is 5.97 Å². The monoisotopic (exact) mass is 439 g/mol. The molecule has 2 heterocycles. The molecule has 0 radical (unpaired) electrons. The minimum Gasteiger partial charge on any atom is -0.481 e. The molecule has 1 N–H and O–H groups in total. The molecule has 0 fully saturated rings. The molecule has 0 spiro atoms. The molecule has 0 aliphatic rings. The number of carboxylic acid groups (broad SMARTS) is 1. The summed E-state index contributed by atoms with van der Waals surface area (Å²) in [4.78, 5) is 14.7. The Kier molecular flexibility index (Phi) is 6.55. The van der Waals surface area contributed by atoms with Gasteiger partial charge in [0.25, 0.3) is 17.0 Å². The molecule has 2 aromatic heterocycles. The zero-order valence-electron chi connectivity index (χ0n) is 15.2. The summed E-state index contributed by atoms with van der Waals surface area (Å²) in [6.45, 7) is 3.23. The van der Waals surface area contributed by atoms with Crippen LogP contribution in [-0.2, 0) is 4.79 Å². The van der Waals surface area contributed by atoms with Gasteiger partial charge < -0.3 is 19.0 Å². The largest absolute Gasteiger partial charge is 0.481 e. The number of carboxylic acids is 1. The van der Waals surface area contributed by atoms with Crippen LogP contribution in [0.15, 0.2) is 46.2 Å². The highest BCUT2D eigenvalue weighted by atomic mass is 35.5. The van der Waals surface area contributed by atoms with Crippen LogP contribution in [0.1, 0.15) is 25.8 Å². The highest BCUT2D eigenvalue weighted by molar-refractivity contribution is 8.00. The van der Waals surface area contributed by atoms with Crippen LogP contribution in [0.2, 0.25) is 5.02 Å². The lowest BCUT2D eigenvalue weighted by atomic mass is 10.3. The Morgan fingerprint density at radius 1 is 1.24 bits per heavy atom. The predicted molar refractivity (Wildman–Crippen MR) is 102 cm³/mol. The van der Waals surface area contributed by atoms with Gasteiger partial charge in [-0.3, -0.25) is 4.79 Å². The molecule has 0 aliphatic carbocycles. The normalized spacial score (nSPS) is 13.0. The number of aromatic nitrogens is 3. The van der Waals surface area contributed by atoms with Gasteiger partial charge in [-0.25, -0.2) is 9.37 Å². The van der Waals surface area contributed by atoms with Crippen LogP contribution in [-0.4, -0.2) is 31.5 Å². The van der Waals surface area contributed by atoms with Crippen molar-refractivity contribution in [1.29, 1.82) is 0 Å². The standard InChI is InChI=1S/C18H15ClFN3O5S/c1-9(15-22-23-18(28-15)29-10(2)17(24)25)26-12-3-5-13(6-4-12)27-16-14(20)7-11(19)8-21-16/h3-10H,1-2H3,(H,24,25)/t9-,10?/m1/s1. The summed E-state index contributed by atoms with van der Waals surface area (Å²) in [6.07, 6.45) is 0.715. The molecule has 1 aromatic carbocycles. The van der Waals surface area contributed by atoms with Crippen LogP contribution in [0.25, 0.3) is 0 Å². The Morgan fingerprint density at radius 3 is 2.59 bits per heavy atom. The number of nitrogens with zero attached hydrogens (tertiary/aromatic N) is 3. The predicted octanol–water partition coefficient (Wildman–Crippen LogP) is 4.75. The van der Waals surface area contributed by atoms with Crippen LogP contribution < -0.4 is 9.47 Å². The zero-order chi connectivity index (χ0) is 21.0. The van der Waals surface area contributed by atoms with Crippen molar-refractivity contribution in [1.82, 2.24) is 15.2 Å². The highest BCUT2D eigenvalue weighted by Gasteiger charge is 2.20. The lowest BCUT2D eigenvalue weighted by Gasteiger charge is -2.12. The summed E-state index contributed by atoms with van der Waals surface area (Å²) in [5, 5.41) is 16.2. The number of ether oxygens (including phenoxy) is 2. The fourth-order valence-electron chi connectivity index (χ4n) is 2.06. The molecule has 8 nitrogen and oxygen atoms in total. The Bertz CT molecular complexity index is 1000. The molecule has 152 valence electrons. The Labute approximate surface area is 174 Å². The second kappa shape index (κ2) is 9.10. The topological polar surface area (TPSA) is 108 Å². The quantitative estimate of drug-likeness (QED) is 0.497. The highest BCUT2D eigenvalue weighted by Crippen LogP contribution is 2.29. The average molecular weight is 440 g/mol. The van der Waals surface area contributed by atoms with Crippen molar-refractivity contribution in [3.8, 4) is 17.4 Å². The number of hydrogen-bond acceptors (Lipinski definition) is 8. The van der Waals surface area contributed by atoms with Crippen LogP contribution >= 0.6 is 23.4 Å². The minimum absolute atomic E-state index is 0.145. The first kappa shape index (κ1) is 20.9. The summed E-state index contributed by atoms with van der Waals surface area (Å²) >= 11 is 6.60. The number of rotatable bonds is 8.